The second-order valence-corrected chi connectivity index (χ2v) is 8.87. The van der Waals surface area contributed by atoms with Gasteiger partial charge >= 0.3 is 0 Å². The molecule has 1 aromatic rings. The van der Waals surface area contributed by atoms with Gasteiger partial charge in [0.1, 0.15) is 5.75 Å². The summed E-state index contributed by atoms with van der Waals surface area (Å²) in [6.07, 6.45) is 8.05. The summed E-state index contributed by atoms with van der Waals surface area (Å²) in [5.41, 5.74) is 1.05. The SMILES string of the molecule is COc1ccc(CNC(=O)CCC(=O)NC23CC4CC(CC(C4)C2)C3)cc1. The van der Waals surface area contributed by atoms with Crippen molar-refractivity contribution < 1.29 is 14.3 Å². The van der Waals surface area contributed by atoms with Gasteiger partial charge in [0.05, 0.1) is 7.11 Å². The summed E-state index contributed by atoms with van der Waals surface area (Å²) >= 11 is 0. The number of carbonyl (C=O) groups excluding carboxylic acids is 2. The summed E-state index contributed by atoms with van der Waals surface area (Å²) in [5.74, 6) is 3.19. The summed E-state index contributed by atoms with van der Waals surface area (Å²) in [4.78, 5) is 24.6. The summed E-state index contributed by atoms with van der Waals surface area (Å²) in [5, 5.41) is 6.23. The van der Waals surface area contributed by atoms with Gasteiger partial charge in [-0.2, -0.15) is 0 Å². The first kappa shape index (κ1) is 18.3. The minimum atomic E-state index is -0.0773. The molecule has 0 atom stereocenters. The van der Waals surface area contributed by atoms with Crippen LogP contribution in [0.2, 0.25) is 0 Å². The molecule has 4 fully saturated rings. The maximum atomic E-state index is 12.5. The van der Waals surface area contributed by atoms with E-state index in [1.165, 1.54) is 19.3 Å². The number of benzene rings is 1. The van der Waals surface area contributed by atoms with Crippen LogP contribution in [0.3, 0.4) is 0 Å². The Balaban J connectivity index is 1.20. The zero-order valence-electron chi connectivity index (χ0n) is 16.1. The van der Waals surface area contributed by atoms with Crippen molar-refractivity contribution in [2.75, 3.05) is 7.11 Å². The zero-order valence-corrected chi connectivity index (χ0v) is 16.1. The van der Waals surface area contributed by atoms with Crippen LogP contribution in [0.1, 0.15) is 56.9 Å². The summed E-state index contributed by atoms with van der Waals surface area (Å²) in [6, 6.07) is 7.61. The fourth-order valence-electron chi connectivity index (χ4n) is 5.88. The Kier molecular flexibility index (Phi) is 5.11. The summed E-state index contributed by atoms with van der Waals surface area (Å²) < 4.78 is 5.13. The molecule has 0 spiro atoms. The standard InChI is InChI=1S/C22H30N2O3/c1-27-19-4-2-15(3-5-19)14-23-20(25)6-7-21(26)24-22-11-16-8-17(12-22)10-18(9-16)13-22/h2-5,16-18H,6-14H2,1H3,(H,23,25)(H,24,26). The Bertz CT molecular complexity index is 663. The first-order valence-electron chi connectivity index (χ1n) is 10.2. The first-order valence-corrected chi connectivity index (χ1v) is 10.2. The van der Waals surface area contributed by atoms with E-state index in [9.17, 15) is 9.59 Å². The fourth-order valence-corrected chi connectivity index (χ4v) is 5.88. The van der Waals surface area contributed by atoms with Gasteiger partial charge in [-0.1, -0.05) is 12.1 Å². The van der Waals surface area contributed by atoms with E-state index in [4.69, 9.17) is 4.74 Å². The molecule has 2 N–H and O–H groups in total. The maximum absolute atomic E-state index is 12.5. The third-order valence-electron chi connectivity index (χ3n) is 6.67. The van der Waals surface area contributed by atoms with Gasteiger partial charge in [0, 0.05) is 24.9 Å². The van der Waals surface area contributed by atoms with Gasteiger partial charge in [-0.05, 0) is 74.0 Å². The molecular formula is C22H30N2O3. The molecule has 5 rings (SSSR count). The van der Waals surface area contributed by atoms with Crippen LogP contribution in [-0.4, -0.2) is 24.5 Å². The minimum Gasteiger partial charge on any atom is -0.497 e. The molecule has 5 heteroatoms. The monoisotopic (exact) mass is 370 g/mol. The maximum Gasteiger partial charge on any atom is 0.220 e. The van der Waals surface area contributed by atoms with Crippen molar-refractivity contribution in [1.82, 2.24) is 10.6 Å². The smallest absolute Gasteiger partial charge is 0.220 e. The molecule has 5 nitrogen and oxygen atoms in total. The number of nitrogens with one attached hydrogen (secondary N) is 2. The predicted molar refractivity (Wildman–Crippen MR) is 103 cm³/mol. The van der Waals surface area contributed by atoms with Crippen molar-refractivity contribution in [3.8, 4) is 5.75 Å². The normalized spacial score (nSPS) is 30.8. The van der Waals surface area contributed by atoms with E-state index in [0.29, 0.717) is 6.54 Å². The van der Waals surface area contributed by atoms with Crippen LogP contribution < -0.4 is 15.4 Å². The molecule has 0 heterocycles. The Morgan fingerprint density at radius 2 is 1.52 bits per heavy atom. The molecule has 2 amide bonds. The van der Waals surface area contributed by atoms with E-state index in [2.05, 4.69) is 10.6 Å². The molecule has 4 saturated carbocycles. The number of carbonyl (C=O) groups is 2. The average molecular weight is 370 g/mol. The zero-order chi connectivity index (χ0) is 18.9. The van der Waals surface area contributed by atoms with Crippen LogP contribution in [0.15, 0.2) is 24.3 Å². The van der Waals surface area contributed by atoms with E-state index in [-0.39, 0.29) is 30.2 Å². The third kappa shape index (κ3) is 4.28. The number of rotatable bonds is 7. The Labute approximate surface area is 161 Å². The highest BCUT2D eigenvalue weighted by molar-refractivity contribution is 5.84. The van der Waals surface area contributed by atoms with E-state index in [1.807, 2.05) is 24.3 Å². The highest BCUT2D eigenvalue weighted by atomic mass is 16.5. The molecule has 146 valence electrons. The quantitative estimate of drug-likeness (QED) is 0.775. The molecule has 27 heavy (non-hydrogen) atoms. The van der Waals surface area contributed by atoms with Crippen molar-refractivity contribution >= 4 is 11.8 Å². The van der Waals surface area contributed by atoms with Crippen molar-refractivity contribution in [3.63, 3.8) is 0 Å². The molecule has 4 aliphatic rings. The van der Waals surface area contributed by atoms with E-state index >= 15 is 0 Å². The fraction of sp³-hybridized carbons (Fsp3) is 0.636. The number of amides is 2. The molecule has 0 radical (unpaired) electrons. The Morgan fingerprint density at radius 1 is 0.963 bits per heavy atom. The lowest BCUT2D eigenvalue weighted by molar-refractivity contribution is -0.130. The lowest BCUT2D eigenvalue weighted by atomic mass is 9.53. The summed E-state index contributed by atoms with van der Waals surface area (Å²) in [6.45, 7) is 0.472. The number of ether oxygens (including phenoxy) is 1. The lowest BCUT2D eigenvalue weighted by Gasteiger charge is -2.56. The highest BCUT2D eigenvalue weighted by Crippen LogP contribution is 2.55. The molecule has 1 aromatic carbocycles. The van der Waals surface area contributed by atoms with Gasteiger partial charge in [-0.3, -0.25) is 9.59 Å². The van der Waals surface area contributed by atoms with Gasteiger partial charge in [-0.25, -0.2) is 0 Å². The number of methoxy groups -OCH3 is 1. The second kappa shape index (κ2) is 7.53. The van der Waals surface area contributed by atoms with Crippen LogP contribution in [0.25, 0.3) is 0 Å². The van der Waals surface area contributed by atoms with Gasteiger partial charge in [0.2, 0.25) is 11.8 Å². The van der Waals surface area contributed by atoms with Crippen LogP contribution in [-0.2, 0) is 16.1 Å². The van der Waals surface area contributed by atoms with Crippen molar-refractivity contribution in [3.05, 3.63) is 29.8 Å². The Morgan fingerprint density at radius 3 is 2.07 bits per heavy atom. The Hall–Kier alpha value is -2.04. The third-order valence-corrected chi connectivity index (χ3v) is 6.67. The lowest BCUT2D eigenvalue weighted by Crippen LogP contribution is -2.59. The molecule has 0 unspecified atom stereocenters. The number of hydrogen-bond donors (Lipinski definition) is 2. The van der Waals surface area contributed by atoms with Crippen LogP contribution in [0.4, 0.5) is 0 Å². The highest BCUT2D eigenvalue weighted by Gasteiger charge is 2.51. The van der Waals surface area contributed by atoms with Gasteiger partial charge < -0.3 is 15.4 Å². The van der Waals surface area contributed by atoms with Gasteiger partial charge in [-0.15, -0.1) is 0 Å². The molecule has 4 aliphatic carbocycles. The van der Waals surface area contributed by atoms with Crippen LogP contribution in [0.5, 0.6) is 5.75 Å². The van der Waals surface area contributed by atoms with E-state index < -0.39 is 0 Å². The van der Waals surface area contributed by atoms with Crippen molar-refractivity contribution in [2.24, 2.45) is 17.8 Å². The number of hydrogen-bond acceptors (Lipinski definition) is 3. The van der Waals surface area contributed by atoms with E-state index in [0.717, 1.165) is 48.3 Å². The molecule has 0 saturated heterocycles. The largest absolute Gasteiger partial charge is 0.497 e. The minimum absolute atomic E-state index is 0.0331. The first-order chi connectivity index (χ1) is 13.0. The van der Waals surface area contributed by atoms with Crippen LogP contribution >= 0.6 is 0 Å². The van der Waals surface area contributed by atoms with Gasteiger partial charge in [0.15, 0.2) is 0 Å². The average Bonchev–Trinajstić information content (AvgIpc) is 2.63. The van der Waals surface area contributed by atoms with Crippen LogP contribution in [0, 0.1) is 17.8 Å². The van der Waals surface area contributed by atoms with Crippen molar-refractivity contribution in [1.29, 1.82) is 0 Å². The molecule has 0 aromatic heterocycles. The molecular weight excluding hydrogens is 340 g/mol. The van der Waals surface area contributed by atoms with Gasteiger partial charge in [0.25, 0.3) is 0 Å². The van der Waals surface area contributed by atoms with Crippen molar-refractivity contribution in [2.45, 2.75) is 63.5 Å². The summed E-state index contributed by atoms with van der Waals surface area (Å²) in [7, 11) is 1.63. The molecule has 0 aliphatic heterocycles. The topological polar surface area (TPSA) is 67.4 Å². The predicted octanol–water partition coefficient (Wildman–Crippen LogP) is 3.18. The second-order valence-electron chi connectivity index (χ2n) is 8.87. The van der Waals surface area contributed by atoms with E-state index in [1.54, 1.807) is 7.11 Å². The molecule has 4 bridgehead atoms.